The first-order valence-electron chi connectivity index (χ1n) is 7.04. The van der Waals surface area contributed by atoms with Crippen LogP contribution in [0.3, 0.4) is 0 Å². The maximum Gasteiger partial charge on any atom is 0.0743 e. The number of hydrogen-bond donors (Lipinski definition) is 2. The molecule has 3 rings (SSSR count). The summed E-state index contributed by atoms with van der Waals surface area (Å²) in [5.41, 5.74) is 8.74. The highest BCUT2D eigenvalue weighted by Gasteiger charge is 2.11. The molecule has 1 fully saturated rings. The minimum Gasteiger partial charge on any atom is -0.396 e. The van der Waals surface area contributed by atoms with Gasteiger partial charge in [-0.2, -0.15) is 0 Å². The Bertz CT molecular complexity index is 603. The molecule has 0 amide bonds. The number of likely N-dealkylation sites (tertiary alicyclic amines) is 1. The van der Waals surface area contributed by atoms with Crippen LogP contribution in [0.25, 0.3) is 10.9 Å². The highest BCUT2D eigenvalue weighted by atomic mass is 79.9. The van der Waals surface area contributed by atoms with Gasteiger partial charge >= 0.3 is 0 Å². The van der Waals surface area contributed by atoms with E-state index in [1.54, 1.807) is 6.20 Å². The molecule has 2 aromatic rings. The van der Waals surface area contributed by atoms with Crippen molar-refractivity contribution >= 4 is 38.2 Å². The lowest BCUT2D eigenvalue weighted by molar-refractivity contribution is 0.353. The number of nitrogens with two attached hydrogens (primary N) is 1. The largest absolute Gasteiger partial charge is 0.396 e. The molecule has 1 aromatic carbocycles. The second-order valence-electron chi connectivity index (χ2n) is 5.23. The average Bonchev–Trinajstić information content (AvgIpc) is 2.94. The van der Waals surface area contributed by atoms with Crippen LogP contribution in [-0.2, 0) is 0 Å². The van der Waals surface area contributed by atoms with Gasteiger partial charge in [-0.05, 0) is 44.1 Å². The molecule has 1 aliphatic heterocycles. The lowest BCUT2D eigenvalue weighted by Crippen LogP contribution is -2.26. The number of anilines is 2. The molecule has 5 heteroatoms. The molecule has 0 saturated carbocycles. The van der Waals surface area contributed by atoms with E-state index in [2.05, 4.69) is 37.2 Å². The molecule has 1 aromatic heterocycles. The van der Waals surface area contributed by atoms with Gasteiger partial charge in [-0.3, -0.25) is 4.98 Å². The zero-order chi connectivity index (χ0) is 13.9. The van der Waals surface area contributed by atoms with E-state index in [9.17, 15) is 0 Å². The topological polar surface area (TPSA) is 54.2 Å². The van der Waals surface area contributed by atoms with Gasteiger partial charge in [0.25, 0.3) is 0 Å². The number of halogens is 1. The summed E-state index contributed by atoms with van der Waals surface area (Å²) in [7, 11) is 0. The molecule has 4 nitrogen and oxygen atoms in total. The summed E-state index contributed by atoms with van der Waals surface area (Å²) in [5.74, 6) is 0. The minimum atomic E-state index is 0.706. The van der Waals surface area contributed by atoms with E-state index in [4.69, 9.17) is 5.73 Å². The lowest BCUT2D eigenvalue weighted by Gasteiger charge is -2.17. The summed E-state index contributed by atoms with van der Waals surface area (Å²) in [6.07, 6.45) is 4.38. The summed E-state index contributed by atoms with van der Waals surface area (Å²) >= 11 is 3.51. The van der Waals surface area contributed by atoms with Crippen LogP contribution in [0.5, 0.6) is 0 Å². The summed E-state index contributed by atoms with van der Waals surface area (Å²) < 4.78 is 1.04. The van der Waals surface area contributed by atoms with Crippen molar-refractivity contribution in [3.05, 3.63) is 28.9 Å². The first kappa shape index (κ1) is 13.6. The van der Waals surface area contributed by atoms with Crippen molar-refractivity contribution in [2.75, 3.05) is 37.2 Å². The van der Waals surface area contributed by atoms with E-state index in [0.717, 1.165) is 34.2 Å². The van der Waals surface area contributed by atoms with Crippen LogP contribution in [0.4, 0.5) is 11.4 Å². The highest BCUT2D eigenvalue weighted by Crippen LogP contribution is 2.29. The molecule has 0 unspecified atom stereocenters. The molecular formula is C15H19BrN4. The highest BCUT2D eigenvalue weighted by molar-refractivity contribution is 9.10. The van der Waals surface area contributed by atoms with E-state index >= 15 is 0 Å². The van der Waals surface area contributed by atoms with Crippen LogP contribution in [0.1, 0.15) is 12.8 Å². The van der Waals surface area contributed by atoms with Crippen LogP contribution in [0, 0.1) is 0 Å². The van der Waals surface area contributed by atoms with Crippen LogP contribution in [0.2, 0.25) is 0 Å². The number of nitrogens with zero attached hydrogens (tertiary/aromatic N) is 2. The van der Waals surface area contributed by atoms with Crippen molar-refractivity contribution in [3.8, 4) is 0 Å². The van der Waals surface area contributed by atoms with Crippen LogP contribution >= 0.6 is 15.9 Å². The minimum absolute atomic E-state index is 0.706. The monoisotopic (exact) mass is 334 g/mol. The number of nitrogens with one attached hydrogen (secondary N) is 1. The van der Waals surface area contributed by atoms with E-state index in [0.29, 0.717) is 5.69 Å². The SMILES string of the molecule is Nc1cnc2ccc(Br)cc2c1NCCN1CCCC1. The third-order valence-corrected chi connectivity index (χ3v) is 4.28. The summed E-state index contributed by atoms with van der Waals surface area (Å²) in [4.78, 5) is 6.86. The van der Waals surface area contributed by atoms with E-state index in [1.165, 1.54) is 25.9 Å². The third-order valence-electron chi connectivity index (χ3n) is 3.79. The quantitative estimate of drug-likeness (QED) is 0.902. The van der Waals surface area contributed by atoms with Gasteiger partial charge in [0.15, 0.2) is 0 Å². The number of fused-ring (bicyclic) bond motifs is 1. The van der Waals surface area contributed by atoms with Crippen molar-refractivity contribution in [2.24, 2.45) is 0 Å². The Hall–Kier alpha value is -1.33. The summed E-state index contributed by atoms with van der Waals surface area (Å²) in [6, 6.07) is 6.07. The van der Waals surface area contributed by atoms with Gasteiger partial charge in [-0.1, -0.05) is 15.9 Å². The molecule has 106 valence electrons. The fourth-order valence-corrected chi connectivity index (χ4v) is 3.08. The third kappa shape index (κ3) is 2.88. The predicted octanol–water partition coefficient (Wildman–Crippen LogP) is 3.09. The van der Waals surface area contributed by atoms with Crippen molar-refractivity contribution in [2.45, 2.75) is 12.8 Å². The van der Waals surface area contributed by atoms with Crippen molar-refractivity contribution in [3.63, 3.8) is 0 Å². The van der Waals surface area contributed by atoms with Gasteiger partial charge < -0.3 is 16.0 Å². The van der Waals surface area contributed by atoms with E-state index < -0.39 is 0 Å². The maximum absolute atomic E-state index is 6.08. The Kier molecular flexibility index (Phi) is 4.08. The molecule has 20 heavy (non-hydrogen) atoms. The van der Waals surface area contributed by atoms with Crippen molar-refractivity contribution in [1.82, 2.24) is 9.88 Å². The van der Waals surface area contributed by atoms with Gasteiger partial charge in [0.1, 0.15) is 0 Å². The lowest BCUT2D eigenvalue weighted by atomic mass is 10.1. The molecule has 0 atom stereocenters. The van der Waals surface area contributed by atoms with Gasteiger partial charge in [0, 0.05) is 22.9 Å². The number of nitrogen functional groups attached to an aromatic ring is 1. The fourth-order valence-electron chi connectivity index (χ4n) is 2.72. The van der Waals surface area contributed by atoms with Crippen molar-refractivity contribution < 1.29 is 0 Å². The smallest absolute Gasteiger partial charge is 0.0743 e. The maximum atomic E-state index is 6.08. The van der Waals surface area contributed by atoms with Crippen LogP contribution < -0.4 is 11.1 Å². The van der Waals surface area contributed by atoms with Gasteiger partial charge in [-0.15, -0.1) is 0 Å². The molecule has 0 radical (unpaired) electrons. The molecule has 1 aliphatic rings. The Morgan fingerprint density at radius 2 is 2.10 bits per heavy atom. The second kappa shape index (κ2) is 5.97. The Morgan fingerprint density at radius 1 is 1.30 bits per heavy atom. The summed E-state index contributed by atoms with van der Waals surface area (Å²) in [6.45, 7) is 4.42. The number of rotatable bonds is 4. The van der Waals surface area contributed by atoms with E-state index in [1.807, 2.05) is 12.1 Å². The second-order valence-corrected chi connectivity index (χ2v) is 6.14. The Labute approximate surface area is 127 Å². The predicted molar refractivity (Wildman–Crippen MR) is 88.0 cm³/mol. The fraction of sp³-hybridized carbons (Fsp3) is 0.400. The number of aromatic nitrogens is 1. The van der Waals surface area contributed by atoms with E-state index in [-0.39, 0.29) is 0 Å². The molecule has 0 bridgehead atoms. The number of pyridine rings is 1. The summed E-state index contributed by atoms with van der Waals surface area (Å²) in [5, 5.41) is 4.55. The molecule has 2 heterocycles. The van der Waals surface area contributed by atoms with Gasteiger partial charge in [0.05, 0.1) is 23.1 Å². The molecule has 1 saturated heterocycles. The molecule has 3 N–H and O–H groups in total. The molecular weight excluding hydrogens is 316 g/mol. The first-order valence-corrected chi connectivity index (χ1v) is 7.83. The van der Waals surface area contributed by atoms with Gasteiger partial charge in [-0.25, -0.2) is 0 Å². The number of benzene rings is 1. The molecule has 0 spiro atoms. The van der Waals surface area contributed by atoms with Crippen LogP contribution in [-0.4, -0.2) is 36.1 Å². The number of hydrogen-bond acceptors (Lipinski definition) is 4. The van der Waals surface area contributed by atoms with Crippen molar-refractivity contribution in [1.29, 1.82) is 0 Å². The normalized spacial score (nSPS) is 15.8. The van der Waals surface area contributed by atoms with Gasteiger partial charge in [0.2, 0.25) is 0 Å². The Morgan fingerprint density at radius 3 is 2.90 bits per heavy atom. The zero-order valence-corrected chi connectivity index (χ0v) is 13.0. The average molecular weight is 335 g/mol. The standard InChI is InChI=1S/C15H19BrN4/c16-11-3-4-14-12(9-11)15(13(17)10-19-14)18-5-8-20-6-1-2-7-20/h3-4,9-10H,1-2,5-8,17H2,(H,18,19). The Balaban J connectivity index is 1.78. The zero-order valence-electron chi connectivity index (χ0n) is 11.4. The van der Waals surface area contributed by atoms with Crippen LogP contribution in [0.15, 0.2) is 28.9 Å². The first-order chi connectivity index (χ1) is 9.74. The molecule has 0 aliphatic carbocycles.